The second kappa shape index (κ2) is 32.0. The third kappa shape index (κ3) is 11.9. The molecule has 33 aromatic rings. The van der Waals surface area contributed by atoms with Crippen molar-refractivity contribution in [3.05, 3.63) is 491 Å². The highest BCUT2D eigenvalue weighted by Crippen LogP contribution is 2.53. The summed E-state index contributed by atoms with van der Waals surface area (Å²) in [7, 11) is 0. The summed E-state index contributed by atoms with van der Waals surface area (Å²) in [5.41, 5.74) is 35.6. The van der Waals surface area contributed by atoms with Crippen LogP contribution in [0.15, 0.2) is 491 Å². The Morgan fingerprint density at radius 1 is 0.144 bits per heavy atom. The molecule has 0 spiro atoms. The lowest BCUT2D eigenvalue weighted by Crippen LogP contribution is -2.06. The summed E-state index contributed by atoms with van der Waals surface area (Å²) in [4.78, 5) is 21.5. The number of thiophene rings is 1. The van der Waals surface area contributed by atoms with Gasteiger partial charge < -0.3 is 32.0 Å². The smallest absolute Gasteiger partial charge is 0.235 e. The van der Waals surface area contributed by atoms with Crippen LogP contribution in [0.3, 0.4) is 0 Å². The molecule has 0 amide bonds. The molecule has 0 aliphatic carbocycles. The van der Waals surface area contributed by atoms with E-state index in [1.807, 2.05) is 29.5 Å². The predicted molar refractivity (Wildman–Crippen MR) is 607 cm³/mol. The largest absolute Gasteiger partial charge is 0.309 e. The van der Waals surface area contributed by atoms with E-state index < -0.39 is 0 Å². The van der Waals surface area contributed by atoms with Gasteiger partial charge in [0, 0.05) is 147 Å². The number of hydrogen-bond donors (Lipinski definition) is 0. The average Bonchev–Trinajstić information content (AvgIpc) is 1.52. The van der Waals surface area contributed by atoms with Gasteiger partial charge in [-0.05, 0) is 218 Å². The number of rotatable bonds is 12. The third-order valence-electron chi connectivity index (χ3n) is 30.0. The van der Waals surface area contributed by atoms with Crippen molar-refractivity contribution in [2.24, 2.45) is 0 Å². The van der Waals surface area contributed by atoms with E-state index in [1.165, 1.54) is 157 Å². The van der Waals surface area contributed by atoms with Crippen LogP contribution in [0.5, 0.6) is 0 Å². The zero-order chi connectivity index (χ0) is 95.5. The van der Waals surface area contributed by atoms with Crippen molar-refractivity contribution in [1.82, 2.24) is 61.0 Å². The van der Waals surface area contributed by atoms with Crippen molar-refractivity contribution in [2.45, 2.75) is 0 Å². The SMILES string of the molecule is c1ccc(-c2cc(-c3ccccc3)nc(-n3c4cccc5c4c4c6c7c(cccc73)n(-c3ccccc3)c6ccc4n5-c3ccccc3)n2)cc1.c1ccc(-c2nc(-n3c4cccc5c4c4c6c7c(cccc73)n(-c3ccccc3)c6ccc4n5-c3ccccc3)nc3ccccc23)cc1.c1ccc(-n2c3ccc4c5c3c3c2cccc3n(-c2ccc3sc6ccccc6c3c2)c2cccc(c52)n4-c2ccccc2)cc1. The van der Waals surface area contributed by atoms with Gasteiger partial charge in [0.1, 0.15) is 0 Å². The van der Waals surface area contributed by atoms with Gasteiger partial charge in [-0.1, -0.05) is 273 Å². The second-order valence-corrected chi connectivity index (χ2v) is 38.9. The predicted octanol–water partition coefficient (Wildman–Crippen LogP) is 33.9. The van der Waals surface area contributed by atoms with Crippen molar-refractivity contribution in [3.63, 3.8) is 0 Å². The molecule has 0 N–H and O–H groups in total. The van der Waals surface area contributed by atoms with Gasteiger partial charge in [0.25, 0.3) is 0 Å². The number of aromatic nitrogens is 13. The van der Waals surface area contributed by atoms with E-state index in [0.717, 1.165) is 112 Å². The molecule has 0 atom stereocenters. The zero-order valence-electron chi connectivity index (χ0n) is 78.5. The van der Waals surface area contributed by atoms with Gasteiger partial charge in [0.05, 0.1) is 122 Å². The van der Waals surface area contributed by atoms with Crippen molar-refractivity contribution in [3.8, 4) is 85.5 Å². The normalized spacial score (nSPS) is 12.1. The van der Waals surface area contributed by atoms with Crippen LogP contribution in [0.2, 0.25) is 0 Å². The van der Waals surface area contributed by atoms with Crippen LogP contribution in [0.1, 0.15) is 0 Å². The maximum absolute atomic E-state index is 5.43. The minimum absolute atomic E-state index is 0.629. The van der Waals surface area contributed by atoms with E-state index in [-0.39, 0.29) is 0 Å². The van der Waals surface area contributed by atoms with Crippen molar-refractivity contribution >= 4 is 206 Å². The summed E-state index contributed by atoms with van der Waals surface area (Å²) in [6, 6.07) is 176. The third-order valence-corrected chi connectivity index (χ3v) is 31.2. The molecule has 33 rings (SSSR count). The molecule has 12 aromatic heterocycles. The van der Waals surface area contributed by atoms with Crippen LogP contribution < -0.4 is 0 Å². The van der Waals surface area contributed by atoms with Crippen molar-refractivity contribution in [2.75, 3.05) is 0 Å². The topological polar surface area (TPSA) is 95.9 Å². The van der Waals surface area contributed by atoms with Crippen LogP contribution in [0, 0.1) is 0 Å². The Labute approximate surface area is 838 Å². The highest BCUT2D eigenvalue weighted by Gasteiger charge is 2.33. The molecule has 13 nitrogen and oxygen atoms in total. The number of fused-ring (bicyclic) bond motifs is 4. The summed E-state index contributed by atoms with van der Waals surface area (Å²) < 4.78 is 24.3. The number of nitrogens with zero attached hydrogens (tertiary/aromatic N) is 13. The van der Waals surface area contributed by atoms with E-state index in [0.29, 0.717) is 11.9 Å². The Bertz CT molecular complexity index is 10500. The van der Waals surface area contributed by atoms with Gasteiger partial charge >= 0.3 is 0 Å². The van der Waals surface area contributed by atoms with Crippen LogP contribution in [0.4, 0.5) is 0 Å². The molecule has 0 aliphatic rings. The Hall–Kier alpha value is -19.5. The summed E-state index contributed by atoms with van der Waals surface area (Å²) in [6.07, 6.45) is 0. The van der Waals surface area contributed by atoms with Crippen LogP contribution in [0.25, 0.3) is 280 Å². The maximum Gasteiger partial charge on any atom is 0.235 e. The lowest BCUT2D eigenvalue weighted by atomic mass is 10.1. The first-order valence-electron chi connectivity index (χ1n) is 49.6. The minimum atomic E-state index is 0.629. The molecular weight excluding hydrogens is 1800 g/mol. The molecule has 0 radical (unpaired) electrons. The molecule has 0 bridgehead atoms. The van der Waals surface area contributed by atoms with Gasteiger partial charge in [-0.2, -0.15) is 0 Å². The van der Waals surface area contributed by atoms with E-state index in [9.17, 15) is 0 Å². The highest BCUT2D eigenvalue weighted by atomic mass is 32.1. The maximum atomic E-state index is 5.43. The monoisotopic (exact) mass is 1880 g/mol. The number of hydrogen-bond acceptors (Lipinski definition) is 5. The Morgan fingerprint density at radius 3 is 0.699 bits per heavy atom. The van der Waals surface area contributed by atoms with Crippen molar-refractivity contribution < 1.29 is 0 Å². The van der Waals surface area contributed by atoms with Crippen LogP contribution in [-0.4, -0.2) is 61.0 Å². The molecule has 21 aromatic carbocycles. The first kappa shape index (κ1) is 81.3. The quantitative estimate of drug-likeness (QED) is 0.122. The lowest BCUT2D eigenvalue weighted by Gasteiger charge is -2.15. The summed E-state index contributed by atoms with van der Waals surface area (Å²) in [5, 5.41) is 18.5. The molecule has 14 heteroatoms. The molecule has 680 valence electrons. The Morgan fingerprint density at radius 2 is 0.384 bits per heavy atom. The molecule has 0 unspecified atom stereocenters. The molecule has 146 heavy (non-hydrogen) atoms. The van der Waals surface area contributed by atoms with Gasteiger partial charge in [-0.25, -0.2) is 19.9 Å². The van der Waals surface area contributed by atoms with Gasteiger partial charge in [0.2, 0.25) is 11.9 Å². The first-order chi connectivity index (χ1) is 72.5. The standard InChI is InChI=1S/C46H29N5.C44H27N5.C42H25N3S/c1-5-15-30(16-6-1)34-29-35(31-17-7-2-8-18-31)48-46(47-34)51-38-25-13-23-36-42(38)44-40(49(36)32-19-9-3-10-20-32)27-28-41-45(44)43-37(24-14-26-39(43)51)50(41)33-21-11-4-12-22-33;1-4-14-28(15-5-1)43-31-20-10-11-21-32(31)45-44(46-43)49-35-24-12-22-33-39(35)41-37(47(33)29-16-6-2-7-17-29)26-27-38-42(41)40-34(23-13-25-36(40)49)48(38)30-18-8-3-9-19-30;1-3-11-26(12-4-1)43-31-16-9-18-33-39(31)41-35(43)22-23-36-42(41)40-32(44(36)27-13-5-2-6-14-27)17-10-19-34(40)45(33)28-21-24-38-30(25-28)29-15-7-8-20-37(29)46-38/h1-29H;1-27H;1-25H. The number of para-hydroxylation sites is 7. The molecule has 0 saturated heterocycles. The molecule has 0 fully saturated rings. The molecular formula is C132H81N13S. The van der Waals surface area contributed by atoms with Gasteiger partial charge in [0.15, 0.2) is 0 Å². The number of benzene rings is 21. The zero-order valence-corrected chi connectivity index (χ0v) is 79.3. The minimum Gasteiger partial charge on any atom is -0.309 e. The fourth-order valence-electron chi connectivity index (χ4n) is 24.2. The van der Waals surface area contributed by atoms with E-state index in [2.05, 4.69) is 514 Å². The molecule has 0 saturated carbocycles. The summed E-state index contributed by atoms with van der Waals surface area (Å²) in [5.74, 6) is 1.27. The van der Waals surface area contributed by atoms with E-state index in [4.69, 9.17) is 19.9 Å². The van der Waals surface area contributed by atoms with E-state index in [1.54, 1.807) is 0 Å². The van der Waals surface area contributed by atoms with Gasteiger partial charge in [-0.15, -0.1) is 11.3 Å². The Kier molecular flexibility index (Phi) is 17.8. The summed E-state index contributed by atoms with van der Waals surface area (Å²) in [6.45, 7) is 0. The lowest BCUT2D eigenvalue weighted by molar-refractivity contribution is 0.992. The van der Waals surface area contributed by atoms with E-state index >= 15 is 0 Å². The molecule has 12 heterocycles. The second-order valence-electron chi connectivity index (χ2n) is 37.8. The van der Waals surface area contributed by atoms with Crippen LogP contribution in [-0.2, 0) is 0 Å². The summed E-state index contributed by atoms with van der Waals surface area (Å²) >= 11 is 1.87. The Balaban J connectivity index is 0.0000000996. The van der Waals surface area contributed by atoms with Crippen LogP contribution >= 0.6 is 11.3 Å². The fourth-order valence-corrected chi connectivity index (χ4v) is 25.3. The first-order valence-corrected chi connectivity index (χ1v) is 50.4. The average molecular weight is 1880 g/mol. The fraction of sp³-hybridized carbons (Fsp3) is 0. The van der Waals surface area contributed by atoms with Crippen molar-refractivity contribution in [1.29, 1.82) is 0 Å². The van der Waals surface area contributed by atoms with Gasteiger partial charge in [-0.3, -0.25) is 9.13 Å². The highest BCUT2D eigenvalue weighted by molar-refractivity contribution is 7.25. The molecule has 0 aliphatic heterocycles.